The second-order valence-corrected chi connectivity index (χ2v) is 3.61. The molecule has 0 radical (unpaired) electrons. The molecule has 0 saturated carbocycles. The minimum atomic E-state index is -0.430. The number of alkyl halides is 1. The summed E-state index contributed by atoms with van der Waals surface area (Å²) in [6.07, 6.45) is 1.44. The van der Waals surface area contributed by atoms with Crippen LogP contribution in [0.1, 0.15) is 12.0 Å². The molecule has 76 valence electrons. The van der Waals surface area contributed by atoms with Gasteiger partial charge in [0.05, 0.1) is 4.92 Å². The molecule has 0 aliphatic heterocycles. The maximum absolute atomic E-state index is 10.5. The predicted molar refractivity (Wildman–Crippen MR) is 57.1 cm³/mol. The van der Waals surface area contributed by atoms with Gasteiger partial charge in [0.2, 0.25) is 0 Å². The molecule has 1 aromatic rings. The molecule has 0 fully saturated rings. The second-order valence-electron chi connectivity index (χ2n) is 2.83. The number of halogens is 2. The van der Waals surface area contributed by atoms with Gasteiger partial charge in [-0.1, -0.05) is 11.6 Å². The number of hydrogen-bond acceptors (Lipinski definition) is 2. The van der Waals surface area contributed by atoms with E-state index in [4.69, 9.17) is 23.2 Å². The molecule has 0 amide bonds. The van der Waals surface area contributed by atoms with Crippen molar-refractivity contribution in [2.24, 2.45) is 0 Å². The summed E-state index contributed by atoms with van der Waals surface area (Å²) in [4.78, 5) is 10.0. The molecule has 0 unspecified atom stereocenters. The Bertz CT molecular complexity index is 342. The number of benzene rings is 1. The van der Waals surface area contributed by atoms with Crippen molar-refractivity contribution in [3.8, 4) is 0 Å². The molecule has 0 aliphatic carbocycles. The van der Waals surface area contributed by atoms with Crippen LogP contribution in [0.5, 0.6) is 0 Å². The van der Waals surface area contributed by atoms with Gasteiger partial charge in [0.15, 0.2) is 0 Å². The van der Waals surface area contributed by atoms with Crippen molar-refractivity contribution in [2.45, 2.75) is 12.8 Å². The quantitative estimate of drug-likeness (QED) is 0.455. The van der Waals surface area contributed by atoms with E-state index < -0.39 is 4.92 Å². The van der Waals surface area contributed by atoms with E-state index in [1.165, 1.54) is 12.1 Å². The minimum Gasteiger partial charge on any atom is -0.258 e. The van der Waals surface area contributed by atoms with Crippen LogP contribution in [0, 0.1) is 10.1 Å². The van der Waals surface area contributed by atoms with Crippen molar-refractivity contribution >= 4 is 28.9 Å². The average molecular weight is 234 g/mol. The van der Waals surface area contributed by atoms with Gasteiger partial charge in [-0.05, 0) is 24.5 Å². The second kappa shape index (κ2) is 5.17. The Balaban J connectivity index is 2.90. The molecular weight excluding hydrogens is 225 g/mol. The van der Waals surface area contributed by atoms with E-state index in [2.05, 4.69) is 0 Å². The first kappa shape index (κ1) is 11.3. The zero-order chi connectivity index (χ0) is 10.6. The highest BCUT2D eigenvalue weighted by Crippen LogP contribution is 2.23. The molecule has 0 saturated heterocycles. The van der Waals surface area contributed by atoms with E-state index in [-0.39, 0.29) is 5.69 Å². The summed E-state index contributed by atoms with van der Waals surface area (Å²) >= 11 is 11.4. The molecule has 5 heteroatoms. The highest BCUT2D eigenvalue weighted by Gasteiger charge is 2.08. The normalized spacial score (nSPS) is 10.1. The minimum absolute atomic E-state index is 0.0685. The number of hydrogen-bond donors (Lipinski definition) is 0. The van der Waals surface area contributed by atoms with Crippen molar-refractivity contribution < 1.29 is 4.92 Å². The number of aryl methyl sites for hydroxylation is 1. The number of nitrogens with zero attached hydrogens (tertiary/aromatic N) is 1. The van der Waals surface area contributed by atoms with Crippen LogP contribution in [0.4, 0.5) is 5.69 Å². The first-order valence-corrected chi connectivity index (χ1v) is 5.05. The van der Waals surface area contributed by atoms with E-state index >= 15 is 0 Å². The lowest BCUT2D eigenvalue weighted by Crippen LogP contribution is -1.92. The van der Waals surface area contributed by atoms with Gasteiger partial charge in [0.25, 0.3) is 5.69 Å². The summed E-state index contributed by atoms with van der Waals surface area (Å²) in [5.74, 6) is 0.527. The number of non-ortho nitro benzene ring substituents is 1. The highest BCUT2D eigenvalue weighted by atomic mass is 35.5. The highest BCUT2D eigenvalue weighted by molar-refractivity contribution is 6.31. The van der Waals surface area contributed by atoms with Crippen LogP contribution in [0.2, 0.25) is 5.02 Å². The number of nitro benzene ring substituents is 1. The van der Waals surface area contributed by atoms with Gasteiger partial charge in [-0.2, -0.15) is 0 Å². The summed E-state index contributed by atoms with van der Waals surface area (Å²) in [6.45, 7) is 0. The van der Waals surface area contributed by atoms with Crippen LogP contribution < -0.4 is 0 Å². The molecule has 0 bridgehead atoms. The summed E-state index contributed by atoms with van der Waals surface area (Å²) < 4.78 is 0. The van der Waals surface area contributed by atoms with Crippen LogP contribution in [-0.2, 0) is 6.42 Å². The number of nitro groups is 1. The molecule has 0 aromatic heterocycles. The van der Waals surface area contributed by atoms with E-state index in [0.717, 1.165) is 12.0 Å². The van der Waals surface area contributed by atoms with Crippen molar-refractivity contribution in [2.75, 3.05) is 5.88 Å². The van der Waals surface area contributed by atoms with E-state index in [1.54, 1.807) is 6.07 Å². The maximum Gasteiger partial charge on any atom is 0.269 e. The SMILES string of the molecule is O=[N+]([O-])c1ccc(Cl)c(CCCCl)c1. The van der Waals surface area contributed by atoms with Crippen molar-refractivity contribution in [1.29, 1.82) is 0 Å². The first-order chi connectivity index (χ1) is 6.65. The lowest BCUT2D eigenvalue weighted by molar-refractivity contribution is -0.384. The Morgan fingerprint density at radius 3 is 2.71 bits per heavy atom. The van der Waals surface area contributed by atoms with Gasteiger partial charge < -0.3 is 0 Å². The monoisotopic (exact) mass is 233 g/mol. The molecule has 0 N–H and O–H groups in total. The van der Waals surface area contributed by atoms with Gasteiger partial charge in [-0.15, -0.1) is 11.6 Å². The third-order valence-corrected chi connectivity index (χ3v) is 2.46. The number of rotatable bonds is 4. The fourth-order valence-corrected chi connectivity index (χ4v) is 1.47. The van der Waals surface area contributed by atoms with Crippen LogP contribution in [0.25, 0.3) is 0 Å². The zero-order valence-electron chi connectivity index (χ0n) is 7.37. The van der Waals surface area contributed by atoms with Gasteiger partial charge >= 0.3 is 0 Å². The van der Waals surface area contributed by atoms with Crippen LogP contribution >= 0.6 is 23.2 Å². The molecule has 1 rings (SSSR count). The van der Waals surface area contributed by atoms with Crippen LogP contribution in [-0.4, -0.2) is 10.8 Å². The average Bonchev–Trinajstić information content (AvgIpc) is 2.16. The van der Waals surface area contributed by atoms with Crippen LogP contribution in [0.3, 0.4) is 0 Å². The van der Waals surface area contributed by atoms with Gasteiger partial charge in [0.1, 0.15) is 0 Å². The lowest BCUT2D eigenvalue weighted by Gasteiger charge is -2.02. The Hall–Kier alpha value is -0.800. The zero-order valence-corrected chi connectivity index (χ0v) is 8.88. The fourth-order valence-electron chi connectivity index (χ4n) is 1.12. The smallest absolute Gasteiger partial charge is 0.258 e. The summed E-state index contributed by atoms with van der Waals surface area (Å²) in [6, 6.07) is 4.44. The summed E-state index contributed by atoms with van der Waals surface area (Å²) in [5, 5.41) is 11.0. The van der Waals surface area contributed by atoms with Gasteiger partial charge in [0, 0.05) is 23.0 Å². The molecule has 0 aliphatic rings. The van der Waals surface area contributed by atoms with E-state index in [1.807, 2.05) is 0 Å². The Labute approximate surface area is 91.8 Å². The Kier molecular flexibility index (Phi) is 4.17. The van der Waals surface area contributed by atoms with E-state index in [0.29, 0.717) is 17.3 Å². The van der Waals surface area contributed by atoms with Crippen molar-refractivity contribution in [1.82, 2.24) is 0 Å². The summed E-state index contributed by atoms with van der Waals surface area (Å²) in [7, 11) is 0. The molecule has 0 heterocycles. The first-order valence-electron chi connectivity index (χ1n) is 4.14. The van der Waals surface area contributed by atoms with E-state index in [9.17, 15) is 10.1 Å². The van der Waals surface area contributed by atoms with Crippen molar-refractivity contribution in [3.05, 3.63) is 38.9 Å². The molecule has 0 spiro atoms. The fraction of sp³-hybridized carbons (Fsp3) is 0.333. The van der Waals surface area contributed by atoms with Gasteiger partial charge in [-0.25, -0.2) is 0 Å². The largest absolute Gasteiger partial charge is 0.269 e. The van der Waals surface area contributed by atoms with Gasteiger partial charge in [-0.3, -0.25) is 10.1 Å². The standard InChI is InChI=1S/C9H9Cl2NO2/c10-5-1-2-7-6-8(12(13)14)3-4-9(7)11/h3-4,6H,1-2,5H2. The predicted octanol–water partition coefficient (Wildman–Crippen LogP) is 3.42. The maximum atomic E-state index is 10.5. The molecule has 0 atom stereocenters. The Morgan fingerprint density at radius 2 is 2.14 bits per heavy atom. The lowest BCUT2D eigenvalue weighted by atomic mass is 10.1. The topological polar surface area (TPSA) is 43.1 Å². The van der Waals surface area contributed by atoms with Crippen LogP contribution in [0.15, 0.2) is 18.2 Å². The van der Waals surface area contributed by atoms with Crippen molar-refractivity contribution in [3.63, 3.8) is 0 Å². The Morgan fingerprint density at radius 1 is 1.43 bits per heavy atom. The summed E-state index contributed by atoms with van der Waals surface area (Å²) in [5.41, 5.74) is 0.848. The molecule has 14 heavy (non-hydrogen) atoms. The molecule has 1 aromatic carbocycles. The molecular formula is C9H9Cl2NO2. The third-order valence-electron chi connectivity index (χ3n) is 1.82. The molecule has 3 nitrogen and oxygen atoms in total. The third kappa shape index (κ3) is 2.86.